The van der Waals surface area contributed by atoms with Gasteiger partial charge in [0.15, 0.2) is 27.3 Å². The zero-order valence-corrected chi connectivity index (χ0v) is 21.4. The van der Waals surface area contributed by atoms with E-state index in [0.717, 1.165) is 47.4 Å². The quantitative estimate of drug-likeness (QED) is 0.361. The molecule has 13 heteroatoms. The summed E-state index contributed by atoms with van der Waals surface area (Å²) in [5, 5.41) is 18.4. The Bertz CT molecular complexity index is 1600. The van der Waals surface area contributed by atoms with E-state index in [1.165, 1.54) is 7.05 Å². The van der Waals surface area contributed by atoms with Gasteiger partial charge in [0.1, 0.15) is 11.5 Å². The lowest BCUT2D eigenvalue weighted by Crippen LogP contribution is -2.19. The maximum Gasteiger partial charge on any atom is 0.232 e. The molecule has 0 atom stereocenters. The average Bonchev–Trinajstić information content (AvgIpc) is 3.58. The van der Waals surface area contributed by atoms with Gasteiger partial charge in [-0.25, -0.2) is 22.2 Å². The second-order valence-electron chi connectivity index (χ2n) is 9.12. The van der Waals surface area contributed by atoms with Gasteiger partial charge >= 0.3 is 0 Å². The first kappa shape index (κ1) is 24.7. The maximum absolute atomic E-state index is 15.1. The molecule has 0 spiro atoms. The summed E-state index contributed by atoms with van der Waals surface area (Å²) >= 11 is 0. The van der Waals surface area contributed by atoms with Gasteiger partial charge in [0.2, 0.25) is 5.95 Å². The number of aryl methyl sites for hydroxylation is 2. The predicted molar refractivity (Wildman–Crippen MR) is 134 cm³/mol. The van der Waals surface area contributed by atoms with E-state index < -0.39 is 32.1 Å². The van der Waals surface area contributed by atoms with Crippen LogP contribution >= 0.6 is 0 Å². The van der Waals surface area contributed by atoms with E-state index in [1.54, 1.807) is 13.1 Å². The molecule has 0 saturated heterocycles. The van der Waals surface area contributed by atoms with E-state index in [0.29, 0.717) is 28.6 Å². The van der Waals surface area contributed by atoms with E-state index in [9.17, 15) is 8.42 Å². The number of nitrogens with zero attached hydrogens (tertiary/aromatic N) is 6. The second-order valence-corrected chi connectivity index (χ2v) is 11.1. The Morgan fingerprint density at radius 1 is 1.08 bits per heavy atom. The summed E-state index contributed by atoms with van der Waals surface area (Å²) in [7, 11) is -2.40. The van der Waals surface area contributed by atoms with Crippen molar-refractivity contribution in [2.75, 3.05) is 23.5 Å². The van der Waals surface area contributed by atoms with Gasteiger partial charge in [-0.15, -0.1) is 0 Å². The van der Waals surface area contributed by atoms with E-state index in [2.05, 4.69) is 30.7 Å². The second kappa shape index (κ2) is 9.14. The molecule has 1 aliphatic carbocycles. The summed E-state index contributed by atoms with van der Waals surface area (Å²) in [4.78, 5) is 10.0. The van der Waals surface area contributed by atoms with Gasteiger partial charge in [0, 0.05) is 36.2 Å². The molecule has 0 bridgehead atoms. The van der Waals surface area contributed by atoms with Crippen molar-refractivity contribution in [2.24, 2.45) is 0 Å². The Balaban J connectivity index is 1.70. The fourth-order valence-corrected chi connectivity index (χ4v) is 4.70. The molecule has 0 radical (unpaired) electrons. The first-order valence-electron chi connectivity index (χ1n) is 11.4. The highest BCUT2D eigenvalue weighted by Crippen LogP contribution is 2.48. The number of benzene rings is 1. The minimum absolute atomic E-state index is 0.00599. The van der Waals surface area contributed by atoms with Crippen molar-refractivity contribution in [2.45, 2.75) is 37.5 Å². The van der Waals surface area contributed by atoms with Gasteiger partial charge < -0.3 is 10.2 Å². The molecule has 0 unspecified atom stereocenters. The number of aromatic amines is 1. The summed E-state index contributed by atoms with van der Waals surface area (Å²) < 4.78 is 53.8. The Kier molecular flexibility index (Phi) is 6.10. The molecule has 37 heavy (non-hydrogen) atoms. The van der Waals surface area contributed by atoms with Crippen molar-refractivity contribution < 1.29 is 17.2 Å². The molecule has 5 rings (SSSR count). The normalized spacial score (nSPS) is 13.6. The van der Waals surface area contributed by atoms with E-state index >= 15 is 8.78 Å². The highest BCUT2D eigenvalue weighted by atomic mass is 32.2. The molecule has 3 heterocycles. The molecular weight excluding hydrogens is 502 g/mol. The summed E-state index contributed by atoms with van der Waals surface area (Å²) in [6, 6.07) is 5.20. The van der Waals surface area contributed by atoms with Gasteiger partial charge in [0.05, 0.1) is 22.5 Å². The predicted octanol–water partition coefficient (Wildman–Crippen LogP) is 4.34. The van der Waals surface area contributed by atoms with E-state index in [1.807, 2.05) is 19.1 Å². The van der Waals surface area contributed by atoms with Crippen molar-refractivity contribution in [3.63, 3.8) is 0 Å². The number of H-pyrrole nitrogens is 1. The third-order valence-corrected chi connectivity index (χ3v) is 7.07. The van der Waals surface area contributed by atoms with Crippen LogP contribution in [0, 0.1) is 25.5 Å². The Morgan fingerprint density at radius 2 is 1.78 bits per heavy atom. The highest BCUT2D eigenvalue weighted by Gasteiger charge is 2.33. The van der Waals surface area contributed by atoms with Crippen LogP contribution in [0.25, 0.3) is 11.3 Å². The van der Waals surface area contributed by atoms with Crippen molar-refractivity contribution in [1.82, 2.24) is 30.4 Å². The van der Waals surface area contributed by atoms with Crippen LogP contribution in [0.5, 0.6) is 0 Å². The third-order valence-electron chi connectivity index (χ3n) is 5.98. The first-order valence-corrected chi connectivity index (χ1v) is 13.3. The van der Waals surface area contributed by atoms with Gasteiger partial charge in [0.25, 0.3) is 0 Å². The number of nitrogens with one attached hydrogen (secondary N) is 2. The molecule has 192 valence electrons. The average molecular weight is 527 g/mol. The van der Waals surface area contributed by atoms with Crippen LogP contribution in [-0.4, -0.2) is 52.1 Å². The monoisotopic (exact) mass is 526 g/mol. The fraction of sp³-hybridized carbons (Fsp3) is 0.292. The van der Waals surface area contributed by atoms with Crippen LogP contribution in [-0.2, 0) is 9.84 Å². The summed E-state index contributed by atoms with van der Waals surface area (Å²) in [6.45, 7) is 3.67. The summed E-state index contributed by atoms with van der Waals surface area (Å²) in [6.07, 6.45) is 4.34. The fourth-order valence-electron chi connectivity index (χ4n) is 4.06. The molecule has 3 aromatic heterocycles. The van der Waals surface area contributed by atoms with Crippen molar-refractivity contribution in [3.8, 4) is 11.3 Å². The lowest BCUT2D eigenvalue weighted by Gasteiger charge is -2.22. The SMILES string of the molecule is Cc1cc(-c2nc(N(C)c3c(F)cc(S(C)(=O)=O)cc3F)nc(Nc3cc(C)[nH]n3)c2C2CC2)cnn1. The topological polar surface area (TPSA) is 130 Å². The highest BCUT2D eigenvalue weighted by molar-refractivity contribution is 7.90. The van der Waals surface area contributed by atoms with E-state index in [-0.39, 0.29) is 11.9 Å². The molecular formula is C24H24F2N8O2S. The van der Waals surface area contributed by atoms with Crippen LogP contribution < -0.4 is 10.2 Å². The summed E-state index contributed by atoms with van der Waals surface area (Å²) in [5.74, 6) is -0.960. The molecule has 1 saturated carbocycles. The van der Waals surface area contributed by atoms with Crippen LogP contribution in [0.4, 0.5) is 32.1 Å². The van der Waals surface area contributed by atoms with Crippen LogP contribution in [0.2, 0.25) is 0 Å². The smallest absolute Gasteiger partial charge is 0.232 e. The largest absolute Gasteiger partial charge is 0.323 e. The number of aromatic nitrogens is 6. The zero-order valence-electron chi connectivity index (χ0n) is 20.5. The number of hydrogen-bond donors (Lipinski definition) is 2. The van der Waals surface area contributed by atoms with Gasteiger partial charge in [-0.05, 0) is 50.8 Å². The maximum atomic E-state index is 15.1. The van der Waals surface area contributed by atoms with Crippen LogP contribution in [0.15, 0.2) is 35.4 Å². The molecule has 1 fully saturated rings. The van der Waals surface area contributed by atoms with Gasteiger partial charge in [-0.3, -0.25) is 5.10 Å². The Labute approximate surface area is 212 Å². The summed E-state index contributed by atoms with van der Waals surface area (Å²) in [5.41, 5.74) is 3.12. The third kappa shape index (κ3) is 4.99. The number of sulfone groups is 1. The molecule has 4 aromatic rings. The molecule has 10 nitrogen and oxygen atoms in total. The Morgan fingerprint density at radius 3 is 2.35 bits per heavy atom. The minimum atomic E-state index is -3.81. The lowest BCUT2D eigenvalue weighted by molar-refractivity contribution is 0.569. The molecule has 1 aromatic carbocycles. The first-order chi connectivity index (χ1) is 17.5. The van der Waals surface area contributed by atoms with Gasteiger partial charge in [-0.1, -0.05) is 0 Å². The standard InChI is InChI=1S/C24H24F2N8O2S/c1-12-7-15(11-27-31-12)21-20(14-5-6-14)23(28-19-8-13(2)32-33-19)30-24(29-21)34(3)22-17(25)9-16(10-18(22)26)37(4,35)36/h7-11,14H,5-6H2,1-4H3,(H2,28,29,30,32,33). The van der Waals surface area contributed by atoms with Crippen LogP contribution in [0.3, 0.4) is 0 Å². The van der Waals surface area contributed by atoms with Crippen molar-refractivity contribution >= 4 is 33.1 Å². The van der Waals surface area contributed by atoms with Crippen LogP contribution in [0.1, 0.15) is 35.7 Å². The zero-order chi connectivity index (χ0) is 26.5. The Hall–Kier alpha value is -4.00. The molecule has 0 amide bonds. The molecule has 2 N–H and O–H groups in total. The number of hydrogen-bond acceptors (Lipinski definition) is 9. The lowest BCUT2D eigenvalue weighted by atomic mass is 10.0. The number of anilines is 4. The number of halogens is 2. The van der Waals surface area contributed by atoms with Crippen molar-refractivity contribution in [3.05, 3.63) is 59.0 Å². The van der Waals surface area contributed by atoms with Gasteiger partial charge in [-0.2, -0.15) is 20.3 Å². The minimum Gasteiger partial charge on any atom is -0.323 e. The molecule has 1 aliphatic rings. The van der Waals surface area contributed by atoms with Crippen molar-refractivity contribution in [1.29, 1.82) is 0 Å². The van der Waals surface area contributed by atoms with E-state index in [4.69, 9.17) is 4.98 Å². The number of rotatable bonds is 7. The molecule has 0 aliphatic heterocycles.